The summed E-state index contributed by atoms with van der Waals surface area (Å²) in [6.45, 7) is 9.57. The molecule has 1 aromatic heterocycles. The van der Waals surface area contributed by atoms with Gasteiger partial charge in [0.25, 0.3) is 11.7 Å². The molecule has 176 valence electrons. The van der Waals surface area contributed by atoms with Crippen molar-refractivity contribution in [1.29, 1.82) is 0 Å². The quantitative estimate of drug-likeness (QED) is 0.240. The Morgan fingerprint density at radius 1 is 1.12 bits per heavy atom. The average Bonchev–Trinajstić information content (AvgIpc) is 3.10. The molecule has 1 fully saturated rings. The Labute approximate surface area is 195 Å². The summed E-state index contributed by atoms with van der Waals surface area (Å²) in [5, 5.41) is 11.1. The molecular weight excluding hydrogens is 418 g/mol. The summed E-state index contributed by atoms with van der Waals surface area (Å²) < 4.78 is 5.69. The number of nitrogens with zero attached hydrogens (tertiary/aromatic N) is 3. The molecule has 7 nitrogen and oxygen atoms in total. The Bertz CT molecular complexity index is 969. The van der Waals surface area contributed by atoms with Crippen LogP contribution in [-0.2, 0) is 9.59 Å². The summed E-state index contributed by atoms with van der Waals surface area (Å²) in [6, 6.07) is 9.85. The number of carbonyl (C=O) groups excluding carboxylic acids is 2. The van der Waals surface area contributed by atoms with Gasteiger partial charge < -0.3 is 19.6 Å². The molecule has 1 amide bonds. The minimum atomic E-state index is -0.685. The van der Waals surface area contributed by atoms with Crippen molar-refractivity contribution in [2.45, 2.75) is 39.7 Å². The van der Waals surface area contributed by atoms with E-state index in [0.29, 0.717) is 36.6 Å². The average molecular weight is 452 g/mol. The number of aliphatic hydroxyl groups excluding tert-OH is 1. The molecule has 1 aliphatic heterocycles. The van der Waals surface area contributed by atoms with E-state index in [-0.39, 0.29) is 11.3 Å². The topological polar surface area (TPSA) is 83.0 Å². The van der Waals surface area contributed by atoms with Gasteiger partial charge in [-0.3, -0.25) is 14.6 Å². The van der Waals surface area contributed by atoms with Crippen LogP contribution >= 0.6 is 0 Å². The number of likely N-dealkylation sites (N-methyl/N-ethyl adjacent to an activating group) is 1. The summed E-state index contributed by atoms with van der Waals surface area (Å²) in [5.74, 6) is -0.766. The largest absolute Gasteiger partial charge is 0.507 e. The third kappa shape index (κ3) is 5.60. The third-order valence-corrected chi connectivity index (χ3v) is 5.99. The van der Waals surface area contributed by atoms with Gasteiger partial charge in [-0.1, -0.05) is 33.3 Å². The van der Waals surface area contributed by atoms with Crippen molar-refractivity contribution in [3.8, 4) is 5.75 Å². The highest BCUT2D eigenvalue weighted by Crippen LogP contribution is 2.39. The number of ketones is 1. The van der Waals surface area contributed by atoms with Crippen LogP contribution in [-0.4, -0.2) is 64.4 Å². The van der Waals surface area contributed by atoms with Crippen LogP contribution < -0.4 is 4.74 Å². The minimum absolute atomic E-state index is 0.0900. The zero-order valence-electron chi connectivity index (χ0n) is 19.7. The highest BCUT2D eigenvalue weighted by molar-refractivity contribution is 6.46. The van der Waals surface area contributed by atoms with Crippen LogP contribution in [0.3, 0.4) is 0 Å². The molecule has 0 aliphatic carbocycles. The number of hydrogen-bond acceptors (Lipinski definition) is 6. The number of unbranched alkanes of at least 4 members (excludes halogenated alkanes) is 1. The Morgan fingerprint density at radius 2 is 1.85 bits per heavy atom. The number of benzene rings is 1. The maximum absolute atomic E-state index is 13.1. The minimum Gasteiger partial charge on any atom is -0.507 e. The van der Waals surface area contributed by atoms with E-state index in [9.17, 15) is 14.7 Å². The van der Waals surface area contributed by atoms with E-state index in [1.54, 1.807) is 47.6 Å². The molecule has 1 aromatic carbocycles. The summed E-state index contributed by atoms with van der Waals surface area (Å²) in [7, 11) is 0. The number of aliphatic hydroxyl groups is 1. The number of hydrogen-bond donors (Lipinski definition) is 1. The zero-order valence-corrected chi connectivity index (χ0v) is 19.7. The normalized spacial score (nSPS) is 17.7. The van der Waals surface area contributed by atoms with Crippen LogP contribution in [0.15, 0.2) is 54.4 Å². The van der Waals surface area contributed by atoms with Crippen molar-refractivity contribution >= 4 is 17.4 Å². The second kappa shape index (κ2) is 11.6. The molecule has 2 heterocycles. The monoisotopic (exact) mass is 451 g/mol. The van der Waals surface area contributed by atoms with Crippen molar-refractivity contribution in [2.24, 2.45) is 0 Å². The lowest BCUT2D eigenvalue weighted by Gasteiger charge is -2.28. The Kier molecular flexibility index (Phi) is 8.60. The van der Waals surface area contributed by atoms with Crippen LogP contribution in [0.5, 0.6) is 5.75 Å². The second-order valence-electron chi connectivity index (χ2n) is 8.03. The SMILES string of the molecule is CCCCOc1ccc(/C(O)=C2/C(=O)C(=O)N(CCN(CC)CC)C2c2cccnc2)cc1. The highest BCUT2D eigenvalue weighted by atomic mass is 16.5. The molecule has 1 saturated heterocycles. The molecule has 0 saturated carbocycles. The van der Waals surface area contributed by atoms with Crippen molar-refractivity contribution in [3.63, 3.8) is 0 Å². The van der Waals surface area contributed by atoms with Crippen molar-refractivity contribution in [1.82, 2.24) is 14.8 Å². The smallest absolute Gasteiger partial charge is 0.295 e. The number of carbonyl (C=O) groups is 2. The molecule has 0 radical (unpaired) electrons. The van der Waals surface area contributed by atoms with Gasteiger partial charge in [0.05, 0.1) is 18.2 Å². The predicted octanol–water partition coefficient (Wildman–Crippen LogP) is 4.02. The summed E-state index contributed by atoms with van der Waals surface area (Å²) in [4.78, 5) is 34.0. The van der Waals surface area contributed by atoms with E-state index in [4.69, 9.17) is 4.74 Å². The van der Waals surface area contributed by atoms with Crippen LogP contribution in [0, 0.1) is 0 Å². The van der Waals surface area contributed by atoms with Crippen LogP contribution in [0.1, 0.15) is 50.8 Å². The fourth-order valence-corrected chi connectivity index (χ4v) is 3.98. The number of likely N-dealkylation sites (tertiary alicyclic amines) is 1. The number of Topliss-reactive ketones (excluding diaryl/α,β-unsaturated/α-hetero) is 1. The number of pyridine rings is 1. The van der Waals surface area contributed by atoms with Crippen LogP contribution in [0.2, 0.25) is 0 Å². The molecule has 1 atom stereocenters. The number of amides is 1. The van der Waals surface area contributed by atoms with Crippen LogP contribution in [0.25, 0.3) is 5.76 Å². The molecule has 1 unspecified atom stereocenters. The molecule has 3 rings (SSSR count). The first-order valence-electron chi connectivity index (χ1n) is 11.7. The molecule has 2 aromatic rings. The number of rotatable bonds is 11. The predicted molar refractivity (Wildman–Crippen MR) is 128 cm³/mol. The van der Waals surface area contributed by atoms with Gasteiger partial charge in [-0.25, -0.2) is 0 Å². The molecule has 0 bridgehead atoms. The van der Waals surface area contributed by atoms with E-state index in [2.05, 4.69) is 30.7 Å². The lowest BCUT2D eigenvalue weighted by molar-refractivity contribution is -0.140. The molecule has 33 heavy (non-hydrogen) atoms. The number of aromatic nitrogens is 1. The van der Waals surface area contributed by atoms with Crippen molar-refractivity contribution in [3.05, 3.63) is 65.5 Å². The Hall–Kier alpha value is -3.19. The van der Waals surface area contributed by atoms with Gasteiger partial charge in [-0.15, -0.1) is 0 Å². The van der Waals surface area contributed by atoms with E-state index < -0.39 is 17.7 Å². The zero-order chi connectivity index (χ0) is 23.8. The Balaban J connectivity index is 1.96. The maximum Gasteiger partial charge on any atom is 0.295 e. The van der Waals surface area contributed by atoms with Crippen LogP contribution in [0.4, 0.5) is 0 Å². The lowest BCUT2D eigenvalue weighted by atomic mass is 9.96. The summed E-state index contributed by atoms with van der Waals surface area (Å²) in [5.41, 5.74) is 1.25. The molecular formula is C26H33N3O4. The fraction of sp³-hybridized carbons (Fsp3) is 0.423. The van der Waals surface area contributed by atoms with Gasteiger partial charge in [-0.05, 0) is 55.4 Å². The standard InChI is InChI=1S/C26H33N3O4/c1-4-7-17-33-21-12-10-19(11-13-21)24(30)22-23(20-9-8-14-27-18-20)29(26(32)25(22)31)16-15-28(5-2)6-3/h8-14,18,23,30H,4-7,15-17H2,1-3H3/b24-22-. The highest BCUT2D eigenvalue weighted by Gasteiger charge is 2.46. The summed E-state index contributed by atoms with van der Waals surface area (Å²) in [6.07, 6.45) is 5.28. The first kappa shape index (κ1) is 24.5. The first-order valence-corrected chi connectivity index (χ1v) is 11.7. The fourth-order valence-electron chi connectivity index (χ4n) is 3.98. The maximum atomic E-state index is 13.1. The molecule has 1 N–H and O–H groups in total. The summed E-state index contributed by atoms with van der Waals surface area (Å²) >= 11 is 0. The molecule has 7 heteroatoms. The van der Waals surface area contributed by atoms with Gasteiger partial charge in [0, 0.05) is 31.0 Å². The molecule has 0 spiro atoms. The third-order valence-electron chi connectivity index (χ3n) is 5.99. The van der Waals surface area contributed by atoms with Gasteiger partial charge in [0.15, 0.2) is 0 Å². The van der Waals surface area contributed by atoms with E-state index in [1.165, 1.54) is 0 Å². The van der Waals surface area contributed by atoms with Gasteiger partial charge in [0.1, 0.15) is 11.5 Å². The van der Waals surface area contributed by atoms with Gasteiger partial charge in [-0.2, -0.15) is 0 Å². The van der Waals surface area contributed by atoms with Crippen molar-refractivity contribution in [2.75, 3.05) is 32.8 Å². The first-order chi connectivity index (χ1) is 16.0. The number of ether oxygens (including phenoxy) is 1. The van der Waals surface area contributed by atoms with Gasteiger partial charge >= 0.3 is 0 Å². The van der Waals surface area contributed by atoms with E-state index >= 15 is 0 Å². The van der Waals surface area contributed by atoms with E-state index in [0.717, 1.165) is 25.9 Å². The lowest BCUT2D eigenvalue weighted by Crippen LogP contribution is -2.38. The molecule has 1 aliphatic rings. The Morgan fingerprint density at radius 3 is 2.45 bits per heavy atom. The van der Waals surface area contributed by atoms with E-state index in [1.807, 2.05) is 6.07 Å². The van der Waals surface area contributed by atoms with Gasteiger partial charge in [0.2, 0.25) is 0 Å². The second-order valence-corrected chi connectivity index (χ2v) is 8.03. The van der Waals surface area contributed by atoms with Crippen molar-refractivity contribution < 1.29 is 19.4 Å².